The number of hydrogen-bond acceptors (Lipinski definition) is 2. The topological polar surface area (TPSA) is 12.9 Å². The Balaban J connectivity index is 2.17. The van der Waals surface area contributed by atoms with Gasteiger partial charge in [-0.2, -0.15) is 8.78 Å². The highest BCUT2D eigenvalue weighted by Gasteiger charge is 2.27. The molecule has 1 heterocycles. The molecule has 0 amide bonds. The van der Waals surface area contributed by atoms with Crippen molar-refractivity contribution in [1.82, 2.24) is 4.98 Å². The highest BCUT2D eigenvalue weighted by atomic mass is 35.5. The van der Waals surface area contributed by atoms with Crippen molar-refractivity contribution in [2.45, 2.75) is 24.0 Å². The highest BCUT2D eigenvalue weighted by Crippen LogP contribution is 2.42. The molecule has 2 rings (SSSR count). The van der Waals surface area contributed by atoms with Crippen LogP contribution in [0.25, 0.3) is 5.57 Å². The van der Waals surface area contributed by atoms with E-state index in [1.165, 1.54) is 0 Å². The fourth-order valence-electron chi connectivity index (χ4n) is 1.85. The lowest BCUT2D eigenvalue weighted by Crippen LogP contribution is -1.98. The summed E-state index contributed by atoms with van der Waals surface area (Å²) in [6.07, 6.45) is 7.48. The average Bonchev–Trinajstić information content (AvgIpc) is 2.54. The van der Waals surface area contributed by atoms with E-state index in [2.05, 4.69) is 4.98 Å². The summed E-state index contributed by atoms with van der Waals surface area (Å²) in [6.45, 7) is 0. The van der Waals surface area contributed by atoms with Crippen molar-refractivity contribution >= 4 is 40.5 Å². The zero-order valence-corrected chi connectivity index (χ0v) is 12.2. The fraction of sp³-hybridized carbons (Fsp3) is 0.308. The van der Waals surface area contributed by atoms with Gasteiger partial charge in [0, 0.05) is 6.20 Å². The van der Waals surface area contributed by atoms with Crippen molar-refractivity contribution in [3.05, 3.63) is 46.1 Å². The van der Waals surface area contributed by atoms with Crippen molar-refractivity contribution in [2.24, 2.45) is 0 Å². The maximum atomic E-state index is 12.7. The van der Waals surface area contributed by atoms with Gasteiger partial charge in [0.15, 0.2) is 0 Å². The lowest BCUT2D eigenvalue weighted by atomic mass is 10.0. The Kier molecular flexibility index (Phi) is 4.87. The van der Waals surface area contributed by atoms with Gasteiger partial charge in [-0.1, -0.05) is 29.8 Å². The molecule has 1 aliphatic carbocycles. The Bertz CT molecular complexity index is 506. The molecule has 0 aromatic carbocycles. The lowest BCUT2D eigenvalue weighted by Gasteiger charge is -2.09. The van der Waals surface area contributed by atoms with Gasteiger partial charge in [-0.05, 0) is 64.7 Å². The Morgan fingerprint density at radius 1 is 1.21 bits per heavy atom. The van der Waals surface area contributed by atoms with Crippen molar-refractivity contribution < 1.29 is 8.78 Å². The van der Waals surface area contributed by atoms with Crippen molar-refractivity contribution in [1.29, 1.82) is 0 Å². The molecule has 0 unspecified atom stereocenters. The van der Waals surface area contributed by atoms with Gasteiger partial charge in [0.05, 0.1) is 0 Å². The molecule has 0 saturated heterocycles. The Hall–Kier alpha value is -0.580. The van der Waals surface area contributed by atoms with Gasteiger partial charge < -0.3 is 0 Å². The number of nitrogens with zero attached hydrogens (tertiary/aromatic N) is 1. The average molecular weight is 322 g/mol. The highest BCUT2D eigenvalue weighted by molar-refractivity contribution is 8.05. The number of alkyl halides is 3. The van der Waals surface area contributed by atoms with E-state index in [1.807, 2.05) is 12.1 Å². The molecule has 0 N–H and O–H groups in total. The van der Waals surface area contributed by atoms with E-state index in [9.17, 15) is 8.78 Å². The zero-order chi connectivity index (χ0) is 13.9. The number of rotatable bonds is 3. The first kappa shape index (κ1) is 14.8. The molecule has 0 bridgehead atoms. The second-order valence-electron chi connectivity index (χ2n) is 4.10. The maximum absolute atomic E-state index is 12.7. The van der Waals surface area contributed by atoms with E-state index in [0.29, 0.717) is 28.2 Å². The Morgan fingerprint density at radius 3 is 2.63 bits per heavy atom. The molecule has 0 radical (unpaired) electrons. The number of thioether (sulfide) groups is 1. The first-order chi connectivity index (χ1) is 8.94. The SMILES string of the molecule is FC(F)(Cl)SC1=CC=C(c2ccc(Cl)nc2)CCC1. The van der Waals surface area contributed by atoms with Crippen LogP contribution >= 0.6 is 35.0 Å². The van der Waals surface area contributed by atoms with E-state index >= 15 is 0 Å². The summed E-state index contributed by atoms with van der Waals surface area (Å²) in [5.41, 5.74) is 2.03. The van der Waals surface area contributed by atoms with Crippen molar-refractivity contribution in [3.8, 4) is 0 Å². The quantitative estimate of drug-likeness (QED) is 0.522. The molecule has 0 aliphatic heterocycles. The molecule has 6 heteroatoms. The van der Waals surface area contributed by atoms with Crippen LogP contribution in [-0.2, 0) is 0 Å². The minimum atomic E-state index is -3.24. The van der Waals surface area contributed by atoms with E-state index < -0.39 is 4.71 Å². The first-order valence-corrected chi connectivity index (χ1v) is 7.29. The van der Waals surface area contributed by atoms with Gasteiger partial charge in [0.25, 0.3) is 0 Å². The summed E-state index contributed by atoms with van der Waals surface area (Å²) in [6, 6.07) is 3.60. The minimum Gasteiger partial charge on any atom is -0.244 e. The van der Waals surface area contributed by atoms with Crippen LogP contribution in [0.5, 0.6) is 0 Å². The van der Waals surface area contributed by atoms with Crippen LogP contribution in [0.2, 0.25) is 5.15 Å². The van der Waals surface area contributed by atoms with Crippen molar-refractivity contribution in [3.63, 3.8) is 0 Å². The minimum absolute atomic E-state index is 0.403. The number of hydrogen-bond donors (Lipinski definition) is 0. The number of pyridine rings is 1. The molecule has 19 heavy (non-hydrogen) atoms. The van der Waals surface area contributed by atoms with Gasteiger partial charge in [0.2, 0.25) is 0 Å². The molecular weight excluding hydrogens is 311 g/mol. The second kappa shape index (κ2) is 6.25. The summed E-state index contributed by atoms with van der Waals surface area (Å²) in [5.74, 6) is 0. The van der Waals surface area contributed by atoms with Crippen molar-refractivity contribution in [2.75, 3.05) is 0 Å². The predicted molar refractivity (Wildman–Crippen MR) is 77.5 cm³/mol. The Morgan fingerprint density at radius 2 is 2.00 bits per heavy atom. The third-order valence-electron chi connectivity index (χ3n) is 2.68. The molecule has 0 fully saturated rings. The molecular formula is C13H11Cl2F2NS. The smallest absolute Gasteiger partial charge is 0.244 e. The monoisotopic (exact) mass is 321 g/mol. The fourth-order valence-corrected chi connectivity index (χ4v) is 2.94. The van der Waals surface area contributed by atoms with Crippen LogP contribution in [0.4, 0.5) is 8.78 Å². The van der Waals surface area contributed by atoms with E-state index in [1.54, 1.807) is 18.3 Å². The summed E-state index contributed by atoms with van der Waals surface area (Å²) in [4.78, 5) is 4.62. The predicted octanol–water partition coefficient (Wildman–Crippen LogP) is 5.71. The van der Waals surface area contributed by atoms with Crippen LogP contribution in [0, 0.1) is 0 Å². The van der Waals surface area contributed by atoms with Gasteiger partial charge >= 0.3 is 4.71 Å². The van der Waals surface area contributed by atoms with Crippen LogP contribution in [0.3, 0.4) is 0 Å². The van der Waals surface area contributed by atoms with Crippen LogP contribution in [0.1, 0.15) is 24.8 Å². The van der Waals surface area contributed by atoms with Crippen LogP contribution in [-0.4, -0.2) is 9.70 Å². The number of aromatic nitrogens is 1. The van der Waals surface area contributed by atoms with E-state index in [4.69, 9.17) is 23.2 Å². The maximum Gasteiger partial charge on any atom is 0.375 e. The number of halogens is 4. The Labute approximate surface area is 124 Å². The molecule has 1 nitrogen and oxygen atoms in total. The summed E-state index contributed by atoms with van der Waals surface area (Å²) in [5, 5.41) is 0.437. The summed E-state index contributed by atoms with van der Waals surface area (Å²) in [7, 11) is 0. The largest absolute Gasteiger partial charge is 0.375 e. The molecule has 1 aliphatic rings. The first-order valence-electron chi connectivity index (χ1n) is 5.71. The molecule has 102 valence electrons. The molecule has 0 atom stereocenters. The van der Waals surface area contributed by atoms with E-state index in [0.717, 1.165) is 24.0 Å². The van der Waals surface area contributed by atoms with Gasteiger partial charge in [-0.3, -0.25) is 0 Å². The molecule has 0 saturated carbocycles. The molecule has 0 spiro atoms. The second-order valence-corrected chi connectivity index (χ2v) is 6.42. The van der Waals surface area contributed by atoms with Gasteiger partial charge in [-0.25, -0.2) is 4.98 Å². The van der Waals surface area contributed by atoms with Gasteiger partial charge in [-0.15, -0.1) is 0 Å². The normalized spacial score (nSPS) is 16.6. The zero-order valence-electron chi connectivity index (χ0n) is 9.88. The van der Waals surface area contributed by atoms with E-state index in [-0.39, 0.29) is 0 Å². The molecule has 1 aromatic rings. The lowest BCUT2D eigenvalue weighted by molar-refractivity contribution is 0.204. The van der Waals surface area contributed by atoms with Crippen LogP contribution < -0.4 is 0 Å². The third kappa shape index (κ3) is 4.79. The molecule has 1 aromatic heterocycles. The number of allylic oxidation sites excluding steroid dienone is 4. The van der Waals surface area contributed by atoms with Gasteiger partial charge in [0.1, 0.15) is 5.15 Å². The van der Waals surface area contributed by atoms with Crippen LogP contribution in [0.15, 0.2) is 35.4 Å². The standard InChI is InChI=1S/C13H11Cl2F2NS/c14-12-7-5-10(8-18-12)9-2-1-3-11(6-4-9)19-13(15,16)17/h4-8H,1-3H2. The summed E-state index contributed by atoms with van der Waals surface area (Å²) < 4.78 is 22.2. The summed E-state index contributed by atoms with van der Waals surface area (Å²) >= 11 is 11.1. The third-order valence-corrected chi connectivity index (χ3v) is 3.97.